The van der Waals surface area contributed by atoms with E-state index in [1.807, 2.05) is 26.0 Å². The van der Waals surface area contributed by atoms with Crippen molar-refractivity contribution in [1.82, 2.24) is 14.7 Å². The summed E-state index contributed by atoms with van der Waals surface area (Å²) in [5.74, 6) is -0.337. The monoisotopic (exact) mass is 415 g/mol. The van der Waals surface area contributed by atoms with Gasteiger partial charge in [-0.15, -0.1) is 0 Å². The summed E-state index contributed by atoms with van der Waals surface area (Å²) in [5.41, 5.74) is 16.5. The maximum absolute atomic E-state index is 14.5. The third-order valence-electron chi connectivity index (χ3n) is 5.23. The molecule has 1 fully saturated rings. The lowest BCUT2D eigenvalue weighted by atomic mass is 10.1. The van der Waals surface area contributed by atoms with Crippen LogP contribution in [0, 0.1) is 19.7 Å². The summed E-state index contributed by atoms with van der Waals surface area (Å²) in [6.45, 7) is 7.27. The predicted molar refractivity (Wildman–Crippen MR) is 116 cm³/mol. The van der Waals surface area contributed by atoms with Crippen LogP contribution in [-0.2, 0) is 0 Å². The maximum Gasteiger partial charge on any atom is 0.173 e. The Hall–Kier alpha value is -2.84. The van der Waals surface area contributed by atoms with Crippen LogP contribution in [0.15, 0.2) is 29.4 Å². The topological polar surface area (TPSA) is 97.0 Å². The minimum atomic E-state index is -0.469. The molecule has 4 rings (SSSR count). The quantitative estimate of drug-likeness (QED) is 0.347. The van der Waals surface area contributed by atoms with Crippen molar-refractivity contribution < 1.29 is 4.39 Å². The number of aryl methyl sites for hydroxylation is 2. The van der Waals surface area contributed by atoms with E-state index >= 15 is 0 Å². The first-order valence-electron chi connectivity index (χ1n) is 9.39. The number of nitrogens with one attached hydrogen (secondary N) is 1. The molecule has 0 radical (unpaired) electrons. The van der Waals surface area contributed by atoms with E-state index in [0.29, 0.717) is 22.0 Å². The van der Waals surface area contributed by atoms with Gasteiger partial charge in [-0.2, -0.15) is 0 Å². The van der Waals surface area contributed by atoms with Crippen LogP contribution in [0.3, 0.4) is 0 Å². The normalized spacial score (nSPS) is 15.3. The van der Waals surface area contributed by atoms with Crippen molar-refractivity contribution in [3.63, 3.8) is 0 Å². The molecule has 3 aromatic rings. The van der Waals surface area contributed by atoms with E-state index in [0.717, 1.165) is 43.3 Å². The lowest BCUT2D eigenvalue weighted by Crippen LogP contribution is -2.43. The molecule has 0 bridgehead atoms. The van der Waals surface area contributed by atoms with Crippen LogP contribution >= 0.6 is 11.6 Å². The molecule has 152 valence electrons. The van der Waals surface area contributed by atoms with Crippen LogP contribution in [0.2, 0.25) is 5.02 Å². The molecule has 1 aliphatic heterocycles. The largest absolute Gasteiger partial charge is 0.398 e. The SMILES string of the molecule is Cc1nc2c(F)cc(N=C(N)c3c(N)cc(N4CCNCC4)cc3Cl)cn2c1C. The lowest BCUT2D eigenvalue weighted by molar-refractivity contribution is 0.589. The molecule has 1 aromatic carbocycles. The fraction of sp³-hybridized carbons (Fsp3) is 0.300. The number of nitrogen functional groups attached to an aromatic ring is 1. The van der Waals surface area contributed by atoms with E-state index < -0.39 is 5.82 Å². The average Bonchev–Trinajstić information content (AvgIpc) is 2.97. The number of fused-ring (bicyclic) bond motifs is 1. The Labute approximate surface area is 173 Å². The number of rotatable bonds is 3. The van der Waals surface area contributed by atoms with Crippen molar-refractivity contribution in [2.45, 2.75) is 13.8 Å². The number of hydrogen-bond acceptors (Lipinski definition) is 5. The molecule has 0 amide bonds. The highest BCUT2D eigenvalue weighted by atomic mass is 35.5. The van der Waals surface area contributed by atoms with Crippen LogP contribution < -0.4 is 21.7 Å². The van der Waals surface area contributed by atoms with Crippen LogP contribution in [0.25, 0.3) is 5.65 Å². The van der Waals surface area contributed by atoms with Crippen molar-refractivity contribution in [3.05, 3.63) is 52.2 Å². The number of aromatic nitrogens is 2. The molecule has 7 nitrogen and oxygen atoms in total. The molecular formula is C20H23ClFN7. The first-order valence-corrected chi connectivity index (χ1v) is 9.77. The number of benzene rings is 1. The van der Waals surface area contributed by atoms with Gasteiger partial charge < -0.3 is 21.7 Å². The number of halogens is 2. The van der Waals surface area contributed by atoms with Crippen molar-refractivity contribution in [1.29, 1.82) is 0 Å². The number of piperazine rings is 1. The van der Waals surface area contributed by atoms with Gasteiger partial charge in [-0.3, -0.25) is 4.40 Å². The summed E-state index contributed by atoms with van der Waals surface area (Å²) in [7, 11) is 0. The van der Waals surface area contributed by atoms with Crippen molar-refractivity contribution in [2.75, 3.05) is 36.8 Å². The number of imidazole rings is 1. The van der Waals surface area contributed by atoms with Gasteiger partial charge in [0.15, 0.2) is 11.5 Å². The first-order chi connectivity index (χ1) is 13.8. The Morgan fingerprint density at radius 1 is 1.24 bits per heavy atom. The second-order valence-electron chi connectivity index (χ2n) is 7.15. The summed E-state index contributed by atoms with van der Waals surface area (Å²) in [4.78, 5) is 10.8. The summed E-state index contributed by atoms with van der Waals surface area (Å²) in [6, 6.07) is 4.99. The standard InChI is InChI=1S/C20H23ClFN7/c1-11-12(2)29-10-13(7-16(22)20(29)26-11)27-19(24)18-15(21)8-14(9-17(18)23)28-5-3-25-4-6-28/h7-10,25H,3-6,23H2,1-2H3,(H2,24,27). The van der Waals surface area contributed by atoms with Gasteiger partial charge in [-0.25, -0.2) is 14.4 Å². The highest BCUT2D eigenvalue weighted by Crippen LogP contribution is 2.30. The van der Waals surface area contributed by atoms with Gasteiger partial charge in [0.2, 0.25) is 0 Å². The van der Waals surface area contributed by atoms with Crippen LogP contribution in [-0.4, -0.2) is 41.4 Å². The molecule has 5 N–H and O–H groups in total. The van der Waals surface area contributed by atoms with E-state index in [-0.39, 0.29) is 11.5 Å². The predicted octanol–water partition coefficient (Wildman–Crippen LogP) is 2.77. The highest BCUT2D eigenvalue weighted by Gasteiger charge is 2.17. The molecule has 2 aromatic heterocycles. The van der Waals surface area contributed by atoms with E-state index in [9.17, 15) is 4.39 Å². The molecule has 1 saturated heterocycles. The highest BCUT2D eigenvalue weighted by molar-refractivity contribution is 6.35. The van der Waals surface area contributed by atoms with Gasteiger partial charge in [0, 0.05) is 55.5 Å². The molecule has 9 heteroatoms. The summed E-state index contributed by atoms with van der Waals surface area (Å²) < 4.78 is 16.1. The number of pyridine rings is 1. The second-order valence-corrected chi connectivity index (χ2v) is 7.56. The van der Waals surface area contributed by atoms with Gasteiger partial charge in [0.25, 0.3) is 0 Å². The number of nitrogens with zero attached hydrogens (tertiary/aromatic N) is 4. The Morgan fingerprint density at radius 3 is 2.66 bits per heavy atom. The van der Waals surface area contributed by atoms with E-state index in [4.69, 9.17) is 23.1 Å². The van der Waals surface area contributed by atoms with Gasteiger partial charge >= 0.3 is 0 Å². The summed E-state index contributed by atoms with van der Waals surface area (Å²) in [5, 5.41) is 3.72. The van der Waals surface area contributed by atoms with Gasteiger partial charge in [0.1, 0.15) is 5.84 Å². The fourth-order valence-corrected chi connectivity index (χ4v) is 3.88. The minimum Gasteiger partial charge on any atom is -0.398 e. The molecule has 0 saturated carbocycles. The lowest BCUT2D eigenvalue weighted by Gasteiger charge is -2.30. The Kier molecular flexibility index (Phi) is 5.06. The Bertz CT molecular complexity index is 1090. The smallest absolute Gasteiger partial charge is 0.173 e. The minimum absolute atomic E-state index is 0.132. The molecule has 0 aliphatic carbocycles. The Morgan fingerprint density at radius 2 is 1.97 bits per heavy atom. The van der Waals surface area contributed by atoms with Crippen molar-refractivity contribution >= 4 is 40.1 Å². The van der Waals surface area contributed by atoms with Crippen LogP contribution in [0.4, 0.5) is 21.5 Å². The zero-order valence-corrected chi connectivity index (χ0v) is 17.1. The maximum atomic E-state index is 14.5. The molecule has 3 heterocycles. The van der Waals surface area contributed by atoms with Crippen molar-refractivity contribution in [3.8, 4) is 0 Å². The molecule has 0 atom stereocenters. The first kappa shape index (κ1) is 19.5. The van der Waals surface area contributed by atoms with Gasteiger partial charge in [0.05, 0.1) is 22.0 Å². The Balaban J connectivity index is 1.72. The molecular weight excluding hydrogens is 393 g/mol. The van der Waals surface area contributed by atoms with Crippen LogP contribution in [0.5, 0.6) is 0 Å². The number of nitrogens with two attached hydrogens (primary N) is 2. The third kappa shape index (κ3) is 3.61. The summed E-state index contributed by atoms with van der Waals surface area (Å²) in [6.07, 6.45) is 1.69. The number of hydrogen-bond donors (Lipinski definition) is 3. The third-order valence-corrected chi connectivity index (χ3v) is 5.53. The molecule has 0 unspecified atom stereocenters. The zero-order valence-electron chi connectivity index (χ0n) is 16.3. The summed E-state index contributed by atoms with van der Waals surface area (Å²) >= 11 is 6.50. The molecule has 0 spiro atoms. The number of anilines is 2. The second kappa shape index (κ2) is 7.53. The molecule has 29 heavy (non-hydrogen) atoms. The van der Waals surface area contributed by atoms with Crippen LogP contribution in [0.1, 0.15) is 17.0 Å². The van der Waals surface area contributed by atoms with Crippen molar-refractivity contribution in [2.24, 2.45) is 10.7 Å². The van der Waals surface area contributed by atoms with E-state index in [1.54, 1.807) is 10.6 Å². The number of aliphatic imine (C=N–C) groups is 1. The van der Waals surface area contributed by atoms with Gasteiger partial charge in [-0.1, -0.05) is 11.6 Å². The molecule has 1 aliphatic rings. The van der Waals surface area contributed by atoms with E-state index in [2.05, 4.69) is 20.2 Å². The van der Waals surface area contributed by atoms with E-state index in [1.165, 1.54) is 6.07 Å². The van der Waals surface area contributed by atoms with Gasteiger partial charge in [-0.05, 0) is 26.0 Å². The number of amidine groups is 1. The zero-order chi connectivity index (χ0) is 20.7. The average molecular weight is 416 g/mol. The fourth-order valence-electron chi connectivity index (χ4n) is 3.56.